The van der Waals surface area contributed by atoms with Crippen LogP contribution < -0.4 is 10.6 Å². The zero-order chi connectivity index (χ0) is 19.8. The van der Waals surface area contributed by atoms with Crippen molar-refractivity contribution in [2.24, 2.45) is 4.76 Å². The van der Waals surface area contributed by atoms with Gasteiger partial charge in [-0.15, -0.1) is 0 Å². The molecule has 146 valence electrons. The molecule has 0 aliphatic rings. The van der Waals surface area contributed by atoms with E-state index in [1.807, 2.05) is 67.6 Å². The Bertz CT molecular complexity index is 784. The number of benzene rings is 2. The van der Waals surface area contributed by atoms with E-state index in [0.717, 1.165) is 0 Å². The molecule has 0 aliphatic heterocycles. The fourth-order valence-electron chi connectivity index (χ4n) is 2.68. The van der Waals surface area contributed by atoms with Crippen molar-refractivity contribution in [3.8, 4) is 0 Å². The lowest BCUT2D eigenvalue weighted by Crippen LogP contribution is -2.17. The van der Waals surface area contributed by atoms with Gasteiger partial charge in [-0.3, -0.25) is 9.13 Å². The summed E-state index contributed by atoms with van der Waals surface area (Å²) < 4.78 is 42.4. The second kappa shape index (κ2) is 10.1. The van der Waals surface area contributed by atoms with Crippen LogP contribution in [0, 0.1) is 0 Å². The molecule has 0 unspecified atom stereocenters. The molecule has 0 aliphatic carbocycles. The Morgan fingerprint density at radius 3 is 1.63 bits per heavy atom. The van der Waals surface area contributed by atoms with Gasteiger partial charge in [0.1, 0.15) is 0 Å². The third-order valence-electron chi connectivity index (χ3n) is 3.93. The molecule has 0 aromatic heterocycles. The molecule has 0 fully saturated rings. The van der Waals surface area contributed by atoms with E-state index in [-0.39, 0.29) is 19.4 Å². The lowest BCUT2D eigenvalue weighted by molar-refractivity contribution is 0.223. The van der Waals surface area contributed by atoms with Gasteiger partial charge < -0.3 is 9.05 Å². The van der Waals surface area contributed by atoms with Gasteiger partial charge in [-0.25, -0.2) is 4.76 Å². The summed E-state index contributed by atoms with van der Waals surface area (Å²) in [6.07, 6.45) is 0.544. The standard InChI is InChI=1S/C20H27NO4P2/c1-4-18(17-26(22,24-5-2)25-6-3)21-27(23,19-13-9-7-10-14-19)20-15-11-8-12-16-20/h7-16H,4-6,17H2,1-3H3/b21-18+. The second-order valence-electron chi connectivity index (χ2n) is 5.87. The molecule has 2 rings (SSSR count). The third-order valence-corrected chi connectivity index (χ3v) is 8.55. The minimum atomic E-state index is -3.31. The van der Waals surface area contributed by atoms with Crippen molar-refractivity contribution >= 4 is 31.2 Å². The van der Waals surface area contributed by atoms with Crippen molar-refractivity contribution in [1.82, 2.24) is 0 Å². The minimum Gasteiger partial charge on any atom is -0.309 e. The van der Waals surface area contributed by atoms with E-state index in [4.69, 9.17) is 9.05 Å². The Balaban J connectivity index is 2.52. The fraction of sp³-hybridized carbons (Fsp3) is 0.350. The Morgan fingerprint density at radius 1 is 0.815 bits per heavy atom. The van der Waals surface area contributed by atoms with Gasteiger partial charge in [0.2, 0.25) is 7.29 Å². The second-order valence-corrected chi connectivity index (χ2v) is 10.3. The number of hydrogen-bond donors (Lipinski definition) is 0. The van der Waals surface area contributed by atoms with Crippen molar-refractivity contribution in [3.05, 3.63) is 60.7 Å². The summed E-state index contributed by atoms with van der Waals surface area (Å²) in [6.45, 7) is 6.01. The Labute approximate surface area is 161 Å². The third kappa shape index (κ3) is 5.73. The fourth-order valence-corrected chi connectivity index (χ4v) is 6.87. The molecule has 0 radical (unpaired) electrons. The Kier molecular flexibility index (Phi) is 8.19. The number of hydrogen-bond acceptors (Lipinski definition) is 4. The lowest BCUT2D eigenvalue weighted by atomic mass is 10.3. The van der Waals surface area contributed by atoms with Crippen LogP contribution in [-0.2, 0) is 18.2 Å². The van der Waals surface area contributed by atoms with Crippen molar-refractivity contribution in [2.75, 3.05) is 19.4 Å². The highest BCUT2D eigenvalue weighted by Crippen LogP contribution is 2.51. The van der Waals surface area contributed by atoms with Gasteiger partial charge in [-0.1, -0.05) is 43.3 Å². The maximum absolute atomic E-state index is 14.0. The lowest BCUT2D eigenvalue weighted by Gasteiger charge is -2.20. The highest BCUT2D eigenvalue weighted by molar-refractivity contribution is 7.77. The maximum Gasteiger partial charge on any atom is 0.336 e. The van der Waals surface area contributed by atoms with Crippen LogP contribution in [-0.4, -0.2) is 25.1 Å². The van der Waals surface area contributed by atoms with Crippen LogP contribution in [0.5, 0.6) is 0 Å². The van der Waals surface area contributed by atoms with Crippen LogP contribution in [0.3, 0.4) is 0 Å². The molecule has 2 aromatic rings. The monoisotopic (exact) mass is 407 g/mol. The highest BCUT2D eigenvalue weighted by atomic mass is 31.2. The van der Waals surface area contributed by atoms with Crippen LogP contribution in [0.1, 0.15) is 27.2 Å². The molecule has 0 spiro atoms. The van der Waals surface area contributed by atoms with Gasteiger partial charge in [0.15, 0.2) is 0 Å². The largest absolute Gasteiger partial charge is 0.336 e. The molecule has 0 bridgehead atoms. The number of rotatable bonds is 10. The first-order valence-electron chi connectivity index (χ1n) is 9.14. The van der Waals surface area contributed by atoms with E-state index < -0.39 is 14.9 Å². The van der Waals surface area contributed by atoms with Crippen LogP contribution in [0.25, 0.3) is 0 Å². The normalized spacial score (nSPS) is 12.9. The molecule has 2 aromatic carbocycles. The van der Waals surface area contributed by atoms with E-state index in [1.54, 1.807) is 13.8 Å². The molecule has 0 saturated heterocycles. The number of nitrogens with zero attached hydrogens (tertiary/aromatic N) is 1. The average Bonchev–Trinajstić information content (AvgIpc) is 2.69. The smallest absolute Gasteiger partial charge is 0.309 e. The molecule has 0 atom stereocenters. The van der Waals surface area contributed by atoms with Crippen molar-refractivity contribution in [1.29, 1.82) is 0 Å². The van der Waals surface area contributed by atoms with Gasteiger partial charge in [0, 0.05) is 16.3 Å². The molecule has 5 nitrogen and oxygen atoms in total. The van der Waals surface area contributed by atoms with E-state index in [1.165, 1.54) is 0 Å². The molecule has 0 heterocycles. The quantitative estimate of drug-likeness (QED) is 0.409. The minimum absolute atomic E-state index is 0.0365. The molecular weight excluding hydrogens is 380 g/mol. The van der Waals surface area contributed by atoms with Gasteiger partial charge in [0.05, 0.1) is 19.4 Å². The predicted molar refractivity (Wildman–Crippen MR) is 113 cm³/mol. The molecule has 7 heteroatoms. The summed E-state index contributed by atoms with van der Waals surface area (Å²) in [5, 5.41) is 1.29. The van der Waals surface area contributed by atoms with Gasteiger partial charge in [-0.2, -0.15) is 0 Å². The van der Waals surface area contributed by atoms with Gasteiger partial charge in [0.25, 0.3) is 0 Å². The highest BCUT2D eigenvalue weighted by Gasteiger charge is 2.30. The van der Waals surface area contributed by atoms with Crippen LogP contribution in [0.2, 0.25) is 0 Å². The van der Waals surface area contributed by atoms with Crippen molar-refractivity contribution < 1.29 is 18.2 Å². The summed E-state index contributed by atoms with van der Waals surface area (Å²) in [5.41, 5.74) is 0.566. The SMILES string of the molecule is CCOP(=O)(C/C(CC)=N/P(=O)(c1ccccc1)c1ccccc1)OCC. The zero-order valence-electron chi connectivity index (χ0n) is 16.1. The van der Waals surface area contributed by atoms with Crippen LogP contribution in [0.4, 0.5) is 0 Å². The zero-order valence-corrected chi connectivity index (χ0v) is 17.9. The van der Waals surface area contributed by atoms with Gasteiger partial charge >= 0.3 is 7.60 Å². The molecular formula is C20H27NO4P2. The first-order valence-corrected chi connectivity index (χ1v) is 12.5. The van der Waals surface area contributed by atoms with Crippen molar-refractivity contribution in [3.63, 3.8) is 0 Å². The molecule has 27 heavy (non-hydrogen) atoms. The summed E-state index contributed by atoms with van der Waals surface area (Å²) in [5.74, 6) is 0. The Morgan fingerprint density at radius 2 is 1.26 bits per heavy atom. The van der Waals surface area contributed by atoms with Crippen molar-refractivity contribution in [2.45, 2.75) is 27.2 Å². The summed E-state index contributed by atoms with van der Waals surface area (Å²) >= 11 is 0. The Hall–Kier alpha value is -1.51. The summed E-state index contributed by atoms with van der Waals surface area (Å²) in [7, 11) is -6.58. The molecule has 0 saturated carbocycles. The first kappa shape index (κ1) is 21.8. The molecule has 0 amide bonds. The average molecular weight is 407 g/mol. The van der Waals surface area contributed by atoms with E-state index >= 15 is 0 Å². The maximum atomic E-state index is 14.0. The topological polar surface area (TPSA) is 65.0 Å². The van der Waals surface area contributed by atoms with E-state index in [2.05, 4.69) is 4.76 Å². The van der Waals surface area contributed by atoms with Crippen LogP contribution >= 0.6 is 14.9 Å². The summed E-state index contributed by atoms with van der Waals surface area (Å²) in [4.78, 5) is 0. The summed E-state index contributed by atoms with van der Waals surface area (Å²) in [6, 6.07) is 18.4. The van der Waals surface area contributed by atoms with Gasteiger partial charge in [-0.05, 0) is 44.5 Å². The van der Waals surface area contributed by atoms with E-state index in [0.29, 0.717) is 22.7 Å². The predicted octanol–water partition coefficient (Wildman–Crippen LogP) is 5.03. The molecule has 0 N–H and O–H groups in total. The van der Waals surface area contributed by atoms with E-state index in [9.17, 15) is 9.13 Å². The van der Waals surface area contributed by atoms with Crippen LogP contribution in [0.15, 0.2) is 65.4 Å². The first-order chi connectivity index (χ1) is 13.0.